The summed E-state index contributed by atoms with van der Waals surface area (Å²) in [7, 11) is 1.71. The average molecular weight is 647 g/mol. The van der Waals surface area contributed by atoms with E-state index in [1.807, 2.05) is 50.9 Å². The van der Waals surface area contributed by atoms with Gasteiger partial charge in [0.1, 0.15) is 16.9 Å². The van der Waals surface area contributed by atoms with Gasteiger partial charge in [0, 0.05) is 56.9 Å². The number of likely N-dealkylation sites (tertiary alicyclic amines) is 2. The van der Waals surface area contributed by atoms with Gasteiger partial charge in [-0.05, 0) is 92.8 Å². The number of hydrogen-bond donors (Lipinski definition) is 1. The van der Waals surface area contributed by atoms with Crippen LogP contribution in [0.5, 0.6) is 0 Å². The monoisotopic (exact) mass is 646 g/mol. The van der Waals surface area contributed by atoms with Crippen LogP contribution >= 0.6 is 0 Å². The first kappa shape index (κ1) is 30.7. The van der Waals surface area contributed by atoms with Crippen LogP contribution in [0.3, 0.4) is 0 Å². The van der Waals surface area contributed by atoms with Crippen LogP contribution in [0.1, 0.15) is 62.3 Å². The second-order valence-corrected chi connectivity index (χ2v) is 14.1. The summed E-state index contributed by atoms with van der Waals surface area (Å²) in [5.41, 5.74) is 10.6. The quantitative estimate of drug-likeness (QED) is 0.282. The van der Waals surface area contributed by atoms with Crippen molar-refractivity contribution in [1.82, 2.24) is 34.3 Å². The molecule has 2 bridgehead atoms. The second-order valence-electron chi connectivity index (χ2n) is 14.1. The number of aromatic nitrogens is 5. The highest BCUT2D eigenvalue weighted by atomic mass is 16.5. The van der Waals surface area contributed by atoms with Gasteiger partial charge in [0.2, 0.25) is 11.8 Å². The molecule has 0 spiro atoms. The number of methoxy groups -OCH3 is 1. The summed E-state index contributed by atoms with van der Waals surface area (Å²) in [6, 6.07) is 11.9. The van der Waals surface area contributed by atoms with E-state index in [9.17, 15) is 9.59 Å². The van der Waals surface area contributed by atoms with Crippen LogP contribution in [-0.2, 0) is 19.9 Å². The molecule has 2 saturated heterocycles. The molecular formula is C37H42N8O3. The molecule has 0 aromatic carbocycles. The van der Waals surface area contributed by atoms with Crippen LogP contribution in [0.25, 0.3) is 28.2 Å². The standard InChI is InChI=1S/C37H42N8O3/c1-3-32(46)44-20-23-6-7-24(21-44)18-26(17-23)36(47)43-16-14-37(22-43,48-2)31-13-10-27(19-40-31)45-34(28-5-4-15-39-33(28)38)42-30-12-11-29(25-8-9-25)41-35(30)45/h3-5,10-13,15,19,23-26H,1,6-9,14,16-18,20-22H2,2H3,(H2,38,39)/t23-,24+,26?,37-/m1/s1. The van der Waals surface area contributed by atoms with E-state index in [1.54, 1.807) is 13.3 Å². The first-order chi connectivity index (χ1) is 23.4. The molecule has 2 aliphatic heterocycles. The van der Waals surface area contributed by atoms with Gasteiger partial charge in [0.05, 0.1) is 29.7 Å². The average Bonchev–Trinajstić information content (AvgIpc) is 3.84. The normalized spacial score (nSPS) is 25.6. The number of rotatable bonds is 7. The number of hydrogen-bond acceptors (Lipinski definition) is 8. The Hall–Kier alpha value is -4.64. The van der Waals surface area contributed by atoms with Gasteiger partial charge in [0.25, 0.3) is 0 Å². The topological polar surface area (TPSA) is 132 Å². The molecule has 2 aliphatic carbocycles. The molecule has 4 aromatic rings. The number of carbonyl (C=O) groups excluding carboxylic acids is 2. The van der Waals surface area contributed by atoms with Gasteiger partial charge in [-0.25, -0.2) is 15.0 Å². The molecule has 2 N–H and O–H groups in total. The zero-order valence-electron chi connectivity index (χ0n) is 27.4. The number of amides is 2. The minimum absolute atomic E-state index is 0.00228. The summed E-state index contributed by atoms with van der Waals surface area (Å²) in [5, 5.41) is 0. The lowest BCUT2D eigenvalue weighted by molar-refractivity contribution is -0.137. The van der Waals surface area contributed by atoms with Gasteiger partial charge in [-0.2, -0.15) is 0 Å². The van der Waals surface area contributed by atoms with Crippen molar-refractivity contribution in [3.05, 3.63) is 72.8 Å². The zero-order valence-corrected chi connectivity index (χ0v) is 27.4. The number of anilines is 1. The van der Waals surface area contributed by atoms with E-state index in [0.29, 0.717) is 62.0 Å². The Balaban J connectivity index is 1.06. The lowest BCUT2D eigenvalue weighted by Gasteiger charge is -2.33. The van der Waals surface area contributed by atoms with Crippen molar-refractivity contribution in [3.63, 3.8) is 0 Å². The van der Waals surface area contributed by atoms with Crippen LogP contribution < -0.4 is 5.73 Å². The van der Waals surface area contributed by atoms with E-state index in [-0.39, 0.29) is 17.7 Å². The van der Waals surface area contributed by atoms with E-state index in [4.69, 9.17) is 25.4 Å². The van der Waals surface area contributed by atoms with Crippen molar-refractivity contribution in [2.24, 2.45) is 17.8 Å². The molecule has 11 nitrogen and oxygen atoms in total. The van der Waals surface area contributed by atoms with E-state index in [0.717, 1.165) is 72.3 Å². The fourth-order valence-electron chi connectivity index (χ4n) is 8.25. The number of carbonyl (C=O) groups is 2. The van der Waals surface area contributed by atoms with Crippen LogP contribution in [0, 0.1) is 17.8 Å². The van der Waals surface area contributed by atoms with Crippen molar-refractivity contribution in [3.8, 4) is 17.1 Å². The highest BCUT2D eigenvalue weighted by Gasteiger charge is 2.45. The highest BCUT2D eigenvalue weighted by molar-refractivity contribution is 5.87. The fraction of sp³-hybridized carbons (Fsp3) is 0.459. The number of nitrogen functional groups attached to an aromatic ring is 1. The Kier molecular flexibility index (Phi) is 7.74. The summed E-state index contributed by atoms with van der Waals surface area (Å²) < 4.78 is 8.21. The molecule has 0 radical (unpaired) electrons. The third kappa shape index (κ3) is 5.43. The van der Waals surface area contributed by atoms with Crippen molar-refractivity contribution < 1.29 is 14.3 Å². The van der Waals surface area contributed by atoms with Crippen LogP contribution in [-0.4, -0.2) is 79.4 Å². The highest BCUT2D eigenvalue weighted by Crippen LogP contribution is 2.42. The van der Waals surface area contributed by atoms with E-state index < -0.39 is 5.60 Å². The van der Waals surface area contributed by atoms with Gasteiger partial charge < -0.3 is 20.3 Å². The third-order valence-electron chi connectivity index (χ3n) is 11.0. The van der Waals surface area contributed by atoms with Gasteiger partial charge >= 0.3 is 0 Å². The van der Waals surface area contributed by atoms with E-state index >= 15 is 0 Å². The van der Waals surface area contributed by atoms with E-state index in [2.05, 4.69) is 17.6 Å². The minimum atomic E-state index is -0.701. The maximum atomic E-state index is 14.0. The predicted molar refractivity (Wildman–Crippen MR) is 182 cm³/mol. The van der Waals surface area contributed by atoms with Crippen molar-refractivity contribution in [1.29, 1.82) is 0 Å². The SMILES string of the molecule is C=CC(=O)N1C[C@@H]2CC[C@@H](CC(C(=O)N3CC[C@](OC)(c4ccc(-n5c(-c6cccnc6N)nc6ccc(C7CC7)nc65)cn4)C3)C2)C1. The molecule has 6 heterocycles. The number of nitrogens with zero attached hydrogens (tertiary/aromatic N) is 7. The van der Waals surface area contributed by atoms with Crippen molar-refractivity contribution in [2.75, 3.05) is 39.0 Å². The maximum absolute atomic E-state index is 14.0. The summed E-state index contributed by atoms with van der Waals surface area (Å²) in [6.07, 6.45) is 11.7. The molecule has 4 atom stereocenters. The van der Waals surface area contributed by atoms with Gasteiger partial charge in [-0.3, -0.25) is 19.1 Å². The predicted octanol–water partition coefficient (Wildman–Crippen LogP) is 4.86. The largest absolute Gasteiger partial charge is 0.383 e. The Morgan fingerprint density at radius 3 is 2.46 bits per heavy atom. The number of imidazole rings is 1. The molecule has 4 aromatic heterocycles. The zero-order chi connectivity index (χ0) is 33.0. The summed E-state index contributed by atoms with van der Waals surface area (Å²) in [6.45, 7) is 6.18. The fourth-order valence-corrected chi connectivity index (χ4v) is 8.25. The smallest absolute Gasteiger partial charge is 0.245 e. The molecule has 248 valence electrons. The van der Waals surface area contributed by atoms with Crippen LogP contribution in [0.2, 0.25) is 0 Å². The number of pyridine rings is 3. The molecule has 48 heavy (non-hydrogen) atoms. The second kappa shape index (κ2) is 12.1. The van der Waals surface area contributed by atoms with Crippen molar-refractivity contribution >= 4 is 28.8 Å². The maximum Gasteiger partial charge on any atom is 0.245 e. The first-order valence-corrected chi connectivity index (χ1v) is 17.2. The van der Waals surface area contributed by atoms with Gasteiger partial charge in [-0.15, -0.1) is 0 Å². The van der Waals surface area contributed by atoms with E-state index in [1.165, 1.54) is 6.08 Å². The summed E-state index contributed by atoms with van der Waals surface area (Å²) in [5.74, 6) is 2.39. The Bertz CT molecular complexity index is 1870. The summed E-state index contributed by atoms with van der Waals surface area (Å²) in [4.78, 5) is 49.6. The Morgan fingerprint density at radius 1 is 1.00 bits per heavy atom. The van der Waals surface area contributed by atoms with Crippen LogP contribution in [0.15, 0.2) is 61.4 Å². The molecule has 4 fully saturated rings. The third-order valence-corrected chi connectivity index (χ3v) is 11.0. The molecule has 2 saturated carbocycles. The molecular weight excluding hydrogens is 604 g/mol. The van der Waals surface area contributed by atoms with Crippen molar-refractivity contribution in [2.45, 2.75) is 56.5 Å². The molecule has 11 heteroatoms. The first-order valence-electron chi connectivity index (χ1n) is 17.2. The molecule has 4 aliphatic rings. The molecule has 8 rings (SSSR count). The Morgan fingerprint density at radius 2 is 1.79 bits per heavy atom. The minimum Gasteiger partial charge on any atom is -0.383 e. The molecule has 2 amide bonds. The number of ether oxygens (including phenoxy) is 1. The van der Waals surface area contributed by atoms with Gasteiger partial charge in [0.15, 0.2) is 11.5 Å². The van der Waals surface area contributed by atoms with Gasteiger partial charge in [-0.1, -0.05) is 6.58 Å². The number of nitrogens with two attached hydrogens (primary N) is 1. The molecule has 1 unspecified atom stereocenters. The summed E-state index contributed by atoms with van der Waals surface area (Å²) >= 11 is 0. The lowest BCUT2D eigenvalue weighted by atomic mass is 9.88. The van der Waals surface area contributed by atoms with Crippen LogP contribution in [0.4, 0.5) is 5.82 Å². The lowest BCUT2D eigenvalue weighted by Crippen LogP contribution is -2.43. The Labute approximate surface area is 280 Å². The number of fused-ring (bicyclic) bond motifs is 4.